The molecule has 1 atom stereocenters. The molecule has 2 heterocycles. The Balaban J connectivity index is 2.17. The van der Waals surface area contributed by atoms with E-state index in [4.69, 9.17) is 0 Å². The predicted octanol–water partition coefficient (Wildman–Crippen LogP) is 2.47. The van der Waals surface area contributed by atoms with Crippen molar-refractivity contribution in [1.82, 2.24) is 10.3 Å². The number of hydrogen-bond acceptors (Lipinski definition) is 3. The lowest BCUT2D eigenvalue weighted by atomic mass is 10.0. The summed E-state index contributed by atoms with van der Waals surface area (Å²) in [5.41, 5.74) is 2.57. The molecular weight excluding hydrogens is 212 g/mol. The van der Waals surface area contributed by atoms with Crippen LogP contribution in [0.25, 0.3) is 10.9 Å². The van der Waals surface area contributed by atoms with Crippen molar-refractivity contribution in [3.05, 3.63) is 41.6 Å². The van der Waals surface area contributed by atoms with E-state index in [0.717, 1.165) is 42.3 Å². The third-order valence-corrected chi connectivity index (χ3v) is 3.30. The number of benzene rings is 1. The van der Waals surface area contributed by atoms with Crippen LogP contribution in [0.5, 0.6) is 0 Å². The van der Waals surface area contributed by atoms with E-state index in [1.165, 1.54) is 0 Å². The van der Waals surface area contributed by atoms with Gasteiger partial charge in [-0.3, -0.25) is 9.78 Å². The monoisotopic (exact) mass is 226 g/mol. The molecule has 1 saturated heterocycles. The Bertz CT molecular complexity index is 559. The summed E-state index contributed by atoms with van der Waals surface area (Å²) < 4.78 is 0. The molecule has 1 aliphatic rings. The maximum Gasteiger partial charge on any atom is 0.151 e. The molecule has 17 heavy (non-hydrogen) atoms. The second-order valence-corrected chi connectivity index (χ2v) is 4.42. The Kier molecular flexibility index (Phi) is 2.61. The van der Waals surface area contributed by atoms with Gasteiger partial charge in [0.15, 0.2) is 6.29 Å². The summed E-state index contributed by atoms with van der Waals surface area (Å²) in [6, 6.07) is 10.1. The molecule has 0 spiro atoms. The highest BCUT2D eigenvalue weighted by atomic mass is 16.1. The van der Waals surface area contributed by atoms with E-state index in [2.05, 4.69) is 10.3 Å². The van der Waals surface area contributed by atoms with Crippen LogP contribution < -0.4 is 5.32 Å². The van der Waals surface area contributed by atoms with Crippen LogP contribution in [-0.2, 0) is 0 Å². The molecule has 0 bridgehead atoms. The molecule has 0 aliphatic carbocycles. The van der Waals surface area contributed by atoms with Crippen LogP contribution in [0.1, 0.15) is 34.9 Å². The fourth-order valence-corrected chi connectivity index (χ4v) is 2.44. The van der Waals surface area contributed by atoms with Gasteiger partial charge in [0.25, 0.3) is 0 Å². The molecule has 2 aromatic rings. The third-order valence-electron chi connectivity index (χ3n) is 3.30. The minimum atomic E-state index is 0.236. The Labute approximate surface area is 99.9 Å². The van der Waals surface area contributed by atoms with Crippen molar-refractivity contribution in [1.29, 1.82) is 0 Å². The van der Waals surface area contributed by atoms with Gasteiger partial charge in [-0.15, -0.1) is 0 Å². The number of rotatable bonds is 2. The Morgan fingerprint density at radius 2 is 2.24 bits per heavy atom. The molecule has 1 aromatic carbocycles. The zero-order valence-corrected chi connectivity index (χ0v) is 9.52. The van der Waals surface area contributed by atoms with Crippen LogP contribution in [0.3, 0.4) is 0 Å². The fraction of sp³-hybridized carbons (Fsp3) is 0.286. The summed E-state index contributed by atoms with van der Waals surface area (Å²) in [7, 11) is 0. The maximum absolute atomic E-state index is 11.2. The molecule has 86 valence electrons. The second kappa shape index (κ2) is 4.26. The van der Waals surface area contributed by atoms with E-state index in [0.29, 0.717) is 5.56 Å². The molecule has 3 heteroatoms. The molecule has 1 aromatic heterocycles. The van der Waals surface area contributed by atoms with Crippen molar-refractivity contribution in [2.24, 2.45) is 0 Å². The van der Waals surface area contributed by atoms with Crippen molar-refractivity contribution in [2.75, 3.05) is 6.54 Å². The van der Waals surface area contributed by atoms with E-state index in [-0.39, 0.29) is 6.04 Å². The van der Waals surface area contributed by atoms with Crippen LogP contribution in [-0.4, -0.2) is 17.8 Å². The third kappa shape index (κ3) is 1.83. The standard InChI is InChI=1S/C14H14N2O/c17-9-11-8-10-4-1-2-5-12(10)16-14(11)13-6-3-7-15-13/h1-2,4-5,8-9,13,15H,3,6-7H2. The lowest BCUT2D eigenvalue weighted by molar-refractivity contribution is 0.112. The Morgan fingerprint density at radius 3 is 3.00 bits per heavy atom. The minimum Gasteiger partial charge on any atom is -0.309 e. The predicted molar refractivity (Wildman–Crippen MR) is 67.1 cm³/mol. The number of aldehydes is 1. The number of fused-ring (bicyclic) bond motifs is 1. The van der Waals surface area contributed by atoms with Crippen molar-refractivity contribution in [2.45, 2.75) is 18.9 Å². The van der Waals surface area contributed by atoms with Gasteiger partial charge in [0.2, 0.25) is 0 Å². The average molecular weight is 226 g/mol. The normalized spacial score (nSPS) is 19.6. The van der Waals surface area contributed by atoms with Crippen LogP contribution in [0.2, 0.25) is 0 Å². The van der Waals surface area contributed by atoms with E-state index in [1.807, 2.05) is 30.3 Å². The highest BCUT2D eigenvalue weighted by molar-refractivity contribution is 5.87. The van der Waals surface area contributed by atoms with E-state index < -0.39 is 0 Å². The van der Waals surface area contributed by atoms with Crippen LogP contribution >= 0.6 is 0 Å². The molecule has 3 rings (SSSR count). The highest BCUT2D eigenvalue weighted by Crippen LogP contribution is 2.26. The summed E-state index contributed by atoms with van der Waals surface area (Å²) in [5, 5.41) is 4.42. The topological polar surface area (TPSA) is 42.0 Å². The molecule has 1 N–H and O–H groups in total. The zero-order valence-electron chi connectivity index (χ0n) is 9.52. The van der Waals surface area contributed by atoms with Crippen molar-refractivity contribution >= 4 is 17.2 Å². The molecule has 1 fully saturated rings. The first-order valence-electron chi connectivity index (χ1n) is 5.97. The Morgan fingerprint density at radius 1 is 1.35 bits per heavy atom. The number of hydrogen-bond donors (Lipinski definition) is 1. The van der Waals surface area contributed by atoms with Gasteiger partial charge in [0.05, 0.1) is 17.3 Å². The van der Waals surface area contributed by atoms with Crippen molar-refractivity contribution in [3.8, 4) is 0 Å². The summed E-state index contributed by atoms with van der Waals surface area (Å²) in [6.45, 7) is 1.01. The van der Waals surface area contributed by atoms with Crippen molar-refractivity contribution in [3.63, 3.8) is 0 Å². The summed E-state index contributed by atoms with van der Waals surface area (Å²) >= 11 is 0. The number of carbonyl (C=O) groups excluding carboxylic acids is 1. The van der Waals surface area contributed by atoms with Gasteiger partial charge in [-0.25, -0.2) is 0 Å². The summed E-state index contributed by atoms with van der Waals surface area (Å²) in [6.07, 6.45) is 3.12. The molecule has 3 nitrogen and oxygen atoms in total. The number of aromatic nitrogens is 1. The molecule has 0 amide bonds. The first-order chi connectivity index (χ1) is 8.38. The molecule has 1 unspecified atom stereocenters. The first kappa shape index (κ1) is 10.4. The van der Waals surface area contributed by atoms with Gasteiger partial charge in [0.1, 0.15) is 0 Å². The molecular formula is C14H14N2O. The quantitative estimate of drug-likeness (QED) is 0.800. The Hall–Kier alpha value is -1.74. The van der Waals surface area contributed by atoms with Crippen molar-refractivity contribution < 1.29 is 4.79 Å². The smallest absolute Gasteiger partial charge is 0.151 e. The van der Waals surface area contributed by atoms with Crippen LogP contribution in [0.15, 0.2) is 30.3 Å². The van der Waals surface area contributed by atoms with E-state index >= 15 is 0 Å². The lowest BCUT2D eigenvalue weighted by Gasteiger charge is -2.13. The molecule has 0 saturated carbocycles. The van der Waals surface area contributed by atoms with E-state index in [1.54, 1.807) is 0 Å². The maximum atomic E-state index is 11.2. The average Bonchev–Trinajstić information content (AvgIpc) is 2.91. The second-order valence-electron chi connectivity index (χ2n) is 4.42. The number of para-hydroxylation sites is 1. The SMILES string of the molecule is O=Cc1cc2ccccc2nc1C1CCCN1. The van der Waals surface area contributed by atoms with Crippen LogP contribution in [0, 0.1) is 0 Å². The molecule has 1 aliphatic heterocycles. The number of carbonyl (C=O) groups is 1. The van der Waals surface area contributed by atoms with Gasteiger partial charge in [0, 0.05) is 10.9 Å². The molecule has 0 radical (unpaired) electrons. The van der Waals surface area contributed by atoms with Gasteiger partial charge >= 0.3 is 0 Å². The first-order valence-corrected chi connectivity index (χ1v) is 5.97. The minimum absolute atomic E-state index is 0.236. The number of nitrogens with one attached hydrogen (secondary N) is 1. The summed E-state index contributed by atoms with van der Waals surface area (Å²) in [5.74, 6) is 0. The number of pyridine rings is 1. The van der Waals surface area contributed by atoms with Gasteiger partial charge in [-0.05, 0) is 31.5 Å². The van der Waals surface area contributed by atoms with Crippen LogP contribution in [0.4, 0.5) is 0 Å². The van der Waals surface area contributed by atoms with E-state index in [9.17, 15) is 4.79 Å². The highest BCUT2D eigenvalue weighted by Gasteiger charge is 2.20. The van der Waals surface area contributed by atoms with Gasteiger partial charge < -0.3 is 5.32 Å². The number of nitrogens with zero attached hydrogens (tertiary/aromatic N) is 1. The largest absolute Gasteiger partial charge is 0.309 e. The lowest BCUT2D eigenvalue weighted by Crippen LogP contribution is -2.16. The van der Waals surface area contributed by atoms with Gasteiger partial charge in [-0.2, -0.15) is 0 Å². The fourth-order valence-electron chi connectivity index (χ4n) is 2.44. The zero-order chi connectivity index (χ0) is 11.7. The summed E-state index contributed by atoms with van der Waals surface area (Å²) in [4.78, 5) is 15.8. The van der Waals surface area contributed by atoms with Gasteiger partial charge in [-0.1, -0.05) is 18.2 Å².